The Hall–Kier alpha value is -3.36. The number of hydrogen-bond donors (Lipinski definition) is 2. The van der Waals surface area contributed by atoms with Crippen LogP contribution in [0.1, 0.15) is 42.5 Å². The zero-order valence-electron chi connectivity index (χ0n) is 19.7. The van der Waals surface area contributed by atoms with E-state index in [4.69, 9.17) is 11.6 Å². The Labute approximate surface area is 216 Å². The zero-order chi connectivity index (χ0) is 25.5. The molecule has 0 atom stereocenters. The number of carbonyl (C=O) groups is 2. The first-order valence-corrected chi connectivity index (χ1v) is 13.7. The van der Waals surface area contributed by atoms with Crippen molar-refractivity contribution in [2.75, 3.05) is 16.2 Å². The first kappa shape index (κ1) is 25.7. The molecule has 0 radical (unpaired) electrons. The molecule has 7 nitrogen and oxygen atoms in total. The average Bonchev–Trinajstić information content (AvgIpc) is 2.89. The standard InChI is InChI=1S/C27H28ClN3O4S/c28-23-16-8-10-18-25(23)31(36(34,35)21-13-5-2-6-14-21)19-26(32)30-24-17-9-7-15-22(24)27(33)29-20-11-3-1-4-12-20/h2,5-10,13-18,20H,1,3-4,11-12,19H2,(H,29,33)(H,30,32). The fourth-order valence-corrected chi connectivity index (χ4v) is 6.04. The highest BCUT2D eigenvalue weighted by Crippen LogP contribution is 2.30. The summed E-state index contributed by atoms with van der Waals surface area (Å²) in [6.45, 7) is -0.528. The second-order valence-corrected chi connectivity index (χ2v) is 10.9. The van der Waals surface area contributed by atoms with Crippen molar-refractivity contribution in [3.05, 3.63) is 89.4 Å². The first-order valence-electron chi connectivity index (χ1n) is 11.9. The van der Waals surface area contributed by atoms with Gasteiger partial charge in [0.05, 0.1) is 26.9 Å². The van der Waals surface area contributed by atoms with Crippen LogP contribution in [0.4, 0.5) is 11.4 Å². The van der Waals surface area contributed by atoms with Gasteiger partial charge >= 0.3 is 0 Å². The van der Waals surface area contributed by atoms with E-state index in [-0.39, 0.29) is 27.6 Å². The molecule has 2 N–H and O–H groups in total. The molecule has 0 spiro atoms. The Morgan fingerprint density at radius 1 is 0.861 bits per heavy atom. The van der Waals surface area contributed by atoms with E-state index in [2.05, 4.69) is 10.6 Å². The molecule has 2 amide bonds. The fraction of sp³-hybridized carbons (Fsp3) is 0.259. The summed E-state index contributed by atoms with van der Waals surface area (Å²) in [5, 5.41) is 5.97. The predicted octanol–water partition coefficient (Wildman–Crippen LogP) is 5.24. The van der Waals surface area contributed by atoms with E-state index in [1.54, 1.807) is 66.7 Å². The van der Waals surface area contributed by atoms with E-state index in [1.807, 2.05) is 0 Å². The molecule has 0 bridgehead atoms. The molecule has 36 heavy (non-hydrogen) atoms. The molecule has 1 aliphatic rings. The number of rotatable bonds is 8. The van der Waals surface area contributed by atoms with Gasteiger partial charge in [-0.2, -0.15) is 0 Å². The van der Waals surface area contributed by atoms with Crippen molar-refractivity contribution in [1.82, 2.24) is 5.32 Å². The minimum atomic E-state index is -4.10. The molecule has 0 unspecified atom stereocenters. The van der Waals surface area contributed by atoms with Crippen molar-refractivity contribution in [3.63, 3.8) is 0 Å². The van der Waals surface area contributed by atoms with Crippen LogP contribution in [0.25, 0.3) is 0 Å². The third-order valence-electron chi connectivity index (χ3n) is 6.13. The summed E-state index contributed by atoms with van der Waals surface area (Å²) >= 11 is 6.32. The minimum absolute atomic E-state index is 0.0324. The maximum Gasteiger partial charge on any atom is 0.264 e. The van der Waals surface area contributed by atoms with Gasteiger partial charge in [-0.1, -0.05) is 73.3 Å². The molecule has 0 aliphatic heterocycles. The number of halogens is 1. The lowest BCUT2D eigenvalue weighted by molar-refractivity contribution is -0.114. The molecule has 1 fully saturated rings. The summed E-state index contributed by atoms with van der Waals surface area (Å²) in [7, 11) is -4.10. The van der Waals surface area contributed by atoms with E-state index in [9.17, 15) is 18.0 Å². The van der Waals surface area contributed by atoms with Crippen LogP contribution in [0.2, 0.25) is 5.02 Å². The van der Waals surface area contributed by atoms with Gasteiger partial charge in [-0.15, -0.1) is 0 Å². The number of para-hydroxylation sites is 2. The quantitative estimate of drug-likeness (QED) is 0.420. The lowest BCUT2D eigenvalue weighted by Gasteiger charge is -2.25. The number of hydrogen-bond acceptors (Lipinski definition) is 4. The number of benzene rings is 3. The average molecular weight is 526 g/mol. The van der Waals surface area contributed by atoms with Crippen molar-refractivity contribution in [2.45, 2.75) is 43.0 Å². The highest BCUT2D eigenvalue weighted by atomic mass is 35.5. The van der Waals surface area contributed by atoms with Crippen molar-refractivity contribution >= 4 is 44.8 Å². The topological polar surface area (TPSA) is 95.6 Å². The van der Waals surface area contributed by atoms with Gasteiger partial charge in [0.25, 0.3) is 15.9 Å². The van der Waals surface area contributed by atoms with Crippen LogP contribution in [0.5, 0.6) is 0 Å². The van der Waals surface area contributed by atoms with E-state index in [1.165, 1.54) is 18.6 Å². The molecule has 0 heterocycles. The summed E-state index contributed by atoms with van der Waals surface area (Å²) in [6, 6.07) is 21.1. The zero-order valence-corrected chi connectivity index (χ0v) is 21.3. The molecule has 1 saturated carbocycles. The smallest absolute Gasteiger partial charge is 0.264 e. The van der Waals surface area contributed by atoms with Crippen LogP contribution >= 0.6 is 11.6 Å². The van der Waals surface area contributed by atoms with Gasteiger partial charge in [-0.25, -0.2) is 8.42 Å². The van der Waals surface area contributed by atoms with E-state index >= 15 is 0 Å². The van der Waals surface area contributed by atoms with Gasteiger partial charge in [0, 0.05) is 6.04 Å². The van der Waals surface area contributed by atoms with Gasteiger partial charge in [-0.05, 0) is 49.2 Å². The Balaban J connectivity index is 1.57. The molecule has 9 heteroatoms. The van der Waals surface area contributed by atoms with Crippen LogP contribution in [0.3, 0.4) is 0 Å². The lowest BCUT2D eigenvalue weighted by Crippen LogP contribution is -2.39. The van der Waals surface area contributed by atoms with Gasteiger partial charge in [0.15, 0.2) is 0 Å². The molecule has 0 saturated heterocycles. The number of amides is 2. The maximum atomic E-state index is 13.5. The fourth-order valence-electron chi connectivity index (χ4n) is 4.29. The monoisotopic (exact) mass is 525 g/mol. The number of nitrogens with zero attached hydrogens (tertiary/aromatic N) is 1. The highest BCUT2D eigenvalue weighted by molar-refractivity contribution is 7.92. The van der Waals surface area contributed by atoms with Crippen LogP contribution in [0, 0.1) is 0 Å². The Morgan fingerprint density at radius 3 is 2.22 bits per heavy atom. The van der Waals surface area contributed by atoms with Gasteiger partial charge in [0.1, 0.15) is 6.54 Å². The third kappa shape index (κ3) is 6.06. The van der Waals surface area contributed by atoms with E-state index < -0.39 is 22.5 Å². The number of nitrogens with one attached hydrogen (secondary N) is 2. The number of anilines is 2. The first-order chi connectivity index (χ1) is 17.4. The SMILES string of the molecule is O=C(CN(c1ccccc1Cl)S(=O)(=O)c1ccccc1)Nc1ccccc1C(=O)NC1CCCCC1. The Kier molecular flexibility index (Phi) is 8.28. The summed E-state index contributed by atoms with van der Waals surface area (Å²) in [5.74, 6) is -0.870. The third-order valence-corrected chi connectivity index (χ3v) is 8.22. The second-order valence-electron chi connectivity index (χ2n) is 8.68. The summed E-state index contributed by atoms with van der Waals surface area (Å²) in [4.78, 5) is 26.2. The van der Waals surface area contributed by atoms with Gasteiger partial charge in [-0.3, -0.25) is 13.9 Å². The van der Waals surface area contributed by atoms with Crippen molar-refractivity contribution in [1.29, 1.82) is 0 Å². The van der Waals surface area contributed by atoms with Crippen LogP contribution in [-0.4, -0.2) is 32.8 Å². The highest BCUT2D eigenvalue weighted by Gasteiger charge is 2.29. The summed E-state index contributed by atoms with van der Waals surface area (Å²) in [6.07, 6.45) is 5.20. The largest absolute Gasteiger partial charge is 0.349 e. The molecular formula is C27H28ClN3O4S. The molecular weight excluding hydrogens is 498 g/mol. The van der Waals surface area contributed by atoms with E-state index in [0.717, 1.165) is 30.0 Å². The summed E-state index contributed by atoms with van der Waals surface area (Å²) in [5.41, 5.74) is 0.820. The second kappa shape index (κ2) is 11.6. The van der Waals surface area contributed by atoms with E-state index in [0.29, 0.717) is 11.3 Å². The van der Waals surface area contributed by atoms with Crippen molar-refractivity contribution in [3.8, 4) is 0 Å². The molecule has 4 rings (SSSR count). The Morgan fingerprint density at radius 2 is 1.50 bits per heavy atom. The van der Waals surface area contributed by atoms with Gasteiger partial charge in [0.2, 0.25) is 5.91 Å². The molecule has 3 aromatic carbocycles. The lowest BCUT2D eigenvalue weighted by atomic mass is 9.95. The minimum Gasteiger partial charge on any atom is -0.349 e. The Bertz CT molecular complexity index is 1330. The molecule has 1 aliphatic carbocycles. The van der Waals surface area contributed by atoms with Gasteiger partial charge < -0.3 is 10.6 Å². The number of carbonyl (C=O) groups excluding carboxylic acids is 2. The number of sulfonamides is 1. The van der Waals surface area contributed by atoms with Crippen molar-refractivity contribution in [2.24, 2.45) is 0 Å². The van der Waals surface area contributed by atoms with Crippen LogP contribution in [0.15, 0.2) is 83.8 Å². The molecule has 0 aromatic heterocycles. The van der Waals surface area contributed by atoms with Crippen molar-refractivity contribution < 1.29 is 18.0 Å². The normalized spacial score (nSPS) is 14.1. The maximum absolute atomic E-state index is 13.5. The molecule has 188 valence electrons. The van der Waals surface area contributed by atoms with Crippen LogP contribution in [-0.2, 0) is 14.8 Å². The molecule has 3 aromatic rings. The summed E-state index contributed by atoms with van der Waals surface area (Å²) < 4.78 is 28.0. The van der Waals surface area contributed by atoms with Crippen LogP contribution < -0.4 is 14.9 Å². The predicted molar refractivity (Wildman–Crippen MR) is 142 cm³/mol.